The standard InChI is InChI=1S/C13H24N6O/c1-9-4-6-13(20,7-5-9)8-15-11-16-10(14)17-12(18-11)19(2)3/h9,20H,4-8H2,1-3H3,(H3,14,15,16,17,18). The molecule has 1 aromatic rings. The van der Waals surface area contributed by atoms with Crippen LogP contribution >= 0.6 is 0 Å². The molecule has 1 aliphatic rings. The van der Waals surface area contributed by atoms with Crippen LogP contribution in [0.4, 0.5) is 17.8 Å². The smallest absolute Gasteiger partial charge is 0.231 e. The summed E-state index contributed by atoms with van der Waals surface area (Å²) in [4.78, 5) is 14.1. The molecule has 1 fully saturated rings. The highest BCUT2D eigenvalue weighted by Crippen LogP contribution is 2.31. The van der Waals surface area contributed by atoms with Gasteiger partial charge < -0.3 is 21.1 Å². The van der Waals surface area contributed by atoms with Crippen LogP contribution in [-0.2, 0) is 0 Å². The molecule has 1 heterocycles. The normalized spacial score (nSPS) is 26.3. The van der Waals surface area contributed by atoms with E-state index in [1.807, 2.05) is 14.1 Å². The van der Waals surface area contributed by atoms with Gasteiger partial charge in [0.15, 0.2) is 0 Å². The maximum absolute atomic E-state index is 10.5. The van der Waals surface area contributed by atoms with E-state index in [0.717, 1.165) is 25.7 Å². The molecule has 0 radical (unpaired) electrons. The molecule has 20 heavy (non-hydrogen) atoms. The first-order valence-electron chi connectivity index (χ1n) is 7.03. The SMILES string of the molecule is CC1CCC(O)(CNc2nc(N)nc(N(C)C)n2)CC1. The quantitative estimate of drug-likeness (QED) is 0.752. The van der Waals surface area contributed by atoms with Crippen LogP contribution in [0.25, 0.3) is 0 Å². The van der Waals surface area contributed by atoms with Gasteiger partial charge in [0, 0.05) is 20.6 Å². The molecule has 0 aliphatic heterocycles. The largest absolute Gasteiger partial charge is 0.388 e. The highest BCUT2D eigenvalue weighted by Gasteiger charge is 2.31. The third-order valence-corrected chi connectivity index (χ3v) is 3.82. The predicted molar refractivity (Wildman–Crippen MR) is 79.6 cm³/mol. The molecule has 0 bridgehead atoms. The number of rotatable bonds is 4. The van der Waals surface area contributed by atoms with Gasteiger partial charge in [-0.05, 0) is 31.6 Å². The van der Waals surface area contributed by atoms with Gasteiger partial charge in [0.25, 0.3) is 0 Å². The van der Waals surface area contributed by atoms with Gasteiger partial charge in [-0.25, -0.2) is 0 Å². The third-order valence-electron chi connectivity index (χ3n) is 3.82. The van der Waals surface area contributed by atoms with Crippen LogP contribution in [0, 0.1) is 5.92 Å². The monoisotopic (exact) mass is 280 g/mol. The van der Waals surface area contributed by atoms with Gasteiger partial charge in [0.05, 0.1) is 5.60 Å². The average Bonchev–Trinajstić information content (AvgIpc) is 2.40. The number of hydrogen-bond acceptors (Lipinski definition) is 7. The van der Waals surface area contributed by atoms with Gasteiger partial charge >= 0.3 is 0 Å². The van der Waals surface area contributed by atoms with Gasteiger partial charge in [-0.3, -0.25) is 0 Å². The van der Waals surface area contributed by atoms with E-state index >= 15 is 0 Å². The van der Waals surface area contributed by atoms with Crippen LogP contribution in [0.2, 0.25) is 0 Å². The van der Waals surface area contributed by atoms with Crippen molar-refractivity contribution in [3.05, 3.63) is 0 Å². The molecule has 0 unspecified atom stereocenters. The zero-order valence-corrected chi connectivity index (χ0v) is 12.4. The Morgan fingerprint density at radius 2 is 1.95 bits per heavy atom. The zero-order chi connectivity index (χ0) is 14.8. The lowest BCUT2D eigenvalue weighted by Gasteiger charge is -2.34. The van der Waals surface area contributed by atoms with Crippen molar-refractivity contribution in [3.63, 3.8) is 0 Å². The van der Waals surface area contributed by atoms with Crippen LogP contribution in [0.5, 0.6) is 0 Å². The average molecular weight is 280 g/mol. The summed E-state index contributed by atoms with van der Waals surface area (Å²) in [6, 6.07) is 0. The fourth-order valence-corrected chi connectivity index (χ4v) is 2.38. The maximum Gasteiger partial charge on any atom is 0.231 e. The minimum Gasteiger partial charge on any atom is -0.388 e. The first-order chi connectivity index (χ1) is 9.38. The minimum absolute atomic E-state index is 0.176. The highest BCUT2D eigenvalue weighted by molar-refractivity contribution is 5.40. The van der Waals surface area contributed by atoms with Crippen LogP contribution in [0.1, 0.15) is 32.6 Å². The van der Waals surface area contributed by atoms with Gasteiger partial charge in [0.1, 0.15) is 0 Å². The number of anilines is 3. The highest BCUT2D eigenvalue weighted by atomic mass is 16.3. The van der Waals surface area contributed by atoms with Crippen molar-refractivity contribution in [2.75, 3.05) is 36.6 Å². The molecular weight excluding hydrogens is 256 g/mol. The Kier molecular flexibility index (Phi) is 4.27. The Hall–Kier alpha value is -1.63. The van der Waals surface area contributed by atoms with Crippen LogP contribution in [-0.4, -0.2) is 46.3 Å². The Morgan fingerprint density at radius 3 is 2.55 bits per heavy atom. The first kappa shape index (κ1) is 14.8. The second-order valence-corrected chi connectivity index (χ2v) is 5.97. The van der Waals surface area contributed by atoms with Crippen LogP contribution < -0.4 is 16.0 Å². The van der Waals surface area contributed by atoms with E-state index in [1.165, 1.54) is 0 Å². The molecule has 0 aromatic carbocycles. The van der Waals surface area contributed by atoms with Crippen molar-refractivity contribution in [2.24, 2.45) is 5.92 Å². The minimum atomic E-state index is -0.674. The zero-order valence-electron chi connectivity index (χ0n) is 12.4. The molecule has 1 saturated carbocycles. The molecule has 112 valence electrons. The summed E-state index contributed by atoms with van der Waals surface area (Å²) < 4.78 is 0. The molecule has 0 amide bonds. The van der Waals surface area contributed by atoms with Crippen LogP contribution in [0.3, 0.4) is 0 Å². The van der Waals surface area contributed by atoms with Crippen molar-refractivity contribution >= 4 is 17.8 Å². The molecule has 0 atom stereocenters. The lowest BCUT2D eigenvalue weighted by Crippen LogP contribution is -2.40. The van der Waals surface area contributed by atoms with E-state index < -0.39 is 5.60 Å². The van der Waals surface area contributed by atoms with Crippen molar-refractivity contribution < 1.29 is 5.11 Å². The molecule has 0 saturated heterocycles. The number of nitrogens with two attached hydrogens (primary N) is 1. The second kappa shape index (κ2) is 5.78. The molecule has 1 aromatic heterocycles. The molecule has 7 nitrogen and oxygen atoms in total. The van der Waals surface area contributed by atoms with Crippen LogP contribution in [0.15, 0.2) is 0 Å². The summed E-state index contributed by atoms with van der Waals surface area (Å²) in [6.45, 7) is 2.67. The van der Waals surface area contributed by atoms with Crippen molar-refractivity contribution in [1.82, 2.24) is 15.0 Å². The van der Waals surface area contributed by atoms with Gasteiger partial charge in [-0.15, -0.1) is 0 Å². The lowest BCUT2D eigenvalue weighted by atomic mass is 9.79. The molecule has 4 N–H and O–H groups in total. The van der Waals surface area contributed by atoms with E-state index in [0.29, 0.717) is 24.4 Å². The first-order valence-corrected chi connectivity index (χ1v) is 7.03. The maximum atomic E-state index is 10.5. The van der Waals surface area contributed by atoms with Gasteiger partial charge in [-0.2, -0.15) is 15.0 Å². The molecule has 2 rings (SSSR count). The fraction of sp³-hybridized carbons (Fsp3) is 0.769. The number of nitrogens with zero attached hydrogens (tertiary/aromatic N) is 4. The topological polar surface area (TPSA) is 100 Å². The summed E-state index contributed by atoms with van der Waals surface area (Å²) >= 11 is 0. The van der Waals surface area contributed by atoms with Crippen molar-refractivity contribution in [2.45, 2.75) is 38.2 Å². The molecule has 7 heteroatoms. The summed E-state index contributed by atoms with van der Waals surface area (Å²) in [5, 5.41) is 13.6. The Morgan fingerprint density at radius 1 is 1.30 bits per heavy atom. The summed E-state index contributed by atoms with van der Waals surface area (Å²) in [7, 11) is 3.68. The van der Waals surface area contributed by atoms with Crippen molar-refractivity contribution in [1.29, 1.82) is 0 Å². The number of nitrogens with one attached hydrogen (secondary N) is 1. The molecule has 1 aliphatic carbocycles. The number of hydrogen-bond donors (Lipinski definition) is 3. The van der Waals surface area contributed by atoms with Crippen molar-refractivity contribution in [3.8, 4) is 0 Å². The van der Waals surface area contributed by atoms with Gasteiger partial charge in [0.2, 0.25) is 17.8 Å². The van der Waals surface area contributed by atoms with E-state index in [1.54, 1.807) is 4.90 Å². The van der Waals surface area contributed by atoms with E-state index in [2.05, 4.69) is 27.2 Å². The Balaban J connectivity index is 2.00. The summed E-state index contributed by atoms with van der Waals surface area (Å²) in [5.41, 5.74) is 4.99. The summed E-state index contributed by atoms with van der Waals surface area (Å²) in [5.74, 6) is 1.79. The second-order valence-electron chi connectivity index (χ2n) is 5.97. The number of nitrogen functional groups attached to an aromatic ring is 1. The van der Waals surface area contributed by atoms with E-state index in [-0.39, 0.29) is 5.95 Å². The van der Waals surface area contributed by atoms with E-state index in [4.69, 9.17) is 5.73 Å². The Bertz CT molecular complexity index is 456. The molecular formula is C13H24N6O. The fourth-order valence-electron chi connectivity index (χ4n) is 2.38. The summed E-state index contributed by atoms with van der Waals surface area (Å²) in [6.07, 6.45) is 3.73. The number of aliphatic hydroxyl groups is 1. The van der Waals surface area contributed by atoms with E-state index in [9.17, 15) is 5.11 Å². The number of aromatic nitrogens is 3. The van der Waals surface area contributed by atoms with Gasteiger partial charge in [-0.1, -0.05) is 6.92 Å². The molecule has 0 spiro atoms. The lowest BCUT2D eigenvalue weighted by molar-refractivity contribution is 0.00487. The Labute approximate surface area is 119 Å². The third kappa shape index (κ3) is 3.69. The predicted octanol–water partition coefficient (Wildman–Crippen LogP) is 0.873.